The van der Waals surface area contributed by atoms with Crippen molar-refractivity contribution < 1.29 is 14.3 Å². The number of rotatable bonds is 8. The summed E-state index contributed by atoms with van der Waals surface area (Å²) < 4.78 is 13.2. The quantitative estimate of drug-likeness (QED) is 0.220. The Morgan fingerprint density at radius 3 is 2.85 bits per heavy atom. The molecule has 8 nitrogen and oxygen atoms in total. The summed E-state index contributed by atoms with van der Waals surface area (Å²) in [5.74, 6) is 7.19. The van der Waals surface area contributed by atoms with Crippen LogP contribution in [-0.2, 0) is 22.6 Å². The summed E-state index contributed by atoms with van der Waals surface area (Å²) >= 11 is 6.47. The molecule has 0 spiro atoms. The van der Waals surface area contributed by atoms with Gasteiger partial charge in [-0.2, -0.15) is 5.10 Å². The number of carbonyl (C=O) groups excluding carboxylic acids is 1. The Hall–Kier alpha value is -3.80. The maximum Gasteiger partial charge on any atom is 0.323 e. The van der Waals surface area contributed by atoms with Crippen LogP contribution in [0.3, 0.4) is 0 Å². The molecular formula is C31H34ClN5O3. The molecule has 1 saturated carbocycles. The number of fused-ring (bicyclic) bond motifs is 1. The fourth-order valence-corrected chi connectivity index (χ4v) is 5.40. The van der Waals surface area contributed by atoms with Crippen LogP contribution in [-0.4, -0.2) is 45.0 Å². The lowest BCUT2D eigenvalue weighted by Gasteiger charge is -2.17. The van der Waals surface area contributed by atoms with E-state index in [4.69, 9.17) is 21.1 Å². The lowest BCUT2D eigenvalue weighted by atomic mass is 10.1. The normalized spacial score (nSPS) is 14.2. The Morgan fingerprint density at radius 2 is 2.08 bits per heavy atom. The van der Waals surface area contributed by atoms with E-state index in [1.54, 1.807) is 7.11 Å². The van der Waals surface area contributed by atoms with Crippen molar-refractivity contribution in [1.29, 1.82) is 0 Å². The number of halogens is 1. The monoisotopic (exact) mass is 559 g/mol. The van der Waals surface area contributed by atoms with Crippen molar-refractivity contribution in [3.8, 4) is 17.6 Å². The topological polar surface area (TPSA) is 94.1 Å². The van der Waals surface area contributed by atoms with E-state index < -0.39 is 0 Å². The number of hydrogen-bond donors (Lipinski definition) is 2. The van der Waals surface area contributed by atoms with Crippen molar-refractivity contribution in [3.05, 3.63) is 75.3 Å². The standard InChI is InChI=1S/C31H34ClN5O3/c1-19-15-34-26(20(2)28(19)39-4)18-37-17-24(27-29(32)35-36-30(27)37)13-12-22-8-7-9-23(14-22)16-33-21(3)31(38)40-25-10-5-6-11-25/h7-9,14-15,17,21,25,33H,5-6,10-11,16,18H2,1-4H3,(H,35,36)/t21-/m0/s1. The molecule has 1 atom stereocenters. The van der Waals surface area contributed by atoms with E-state index in [9.17, 15) is 4.79 Å². The largest absolute Gasteiger partial charge is 0.496 e. The zero-order valence-corrected chi connectivity index (χ0v) is 24.1. The molecule has 3 aromatic heterocycles. The second-order valence-electron chi connectivity index (χ2n) is 10.3. The molecule has 0 aliphatic heterocycles. The number of esters is 1. The first kappa shape index (κ1) is 27.8. The van der Waals surface area contributed by atoms with Crippen LogP contribution < -0.4 is 10.1 Å². The minimum Gasteiger partial charge on any atom is -0.496 e. The van der Waals surface area contributed by atoms with Crippen LogP contribution in [0.5, 0.6) is 5.75 Å². The summed E-state index contributed by atoms with van der Waals surface area (Å²) in [6.07, 6.45) is 8.06. The van der Waals surface area contributed by atoms with Crippen molar-refractivity contribution >= 4 is 28.6 Å². The number of carbonyl (C=O) groups is 1. The molecule has 40 heavy (non-hydrogen) atoms. The predicted octanol–water partition coefficient (Wildman–Crippen LogP) is 5.45. The number of H-pyrrole nitrogens is 1. The number of methoxy groups -OCH3 is 1. The molecule has 1 aliphatic rings. The van der Waals surface area contributed by atoms with Gasteiger partial charge in [-0.05, 0) is 64.2 Å². The number of ether oxygens (including phenoxy) is 2. The van der Waals surface area contributed by atoms with E-state index in [1.165, 1.54) is 0 Å². The lowest BCUT2D eigenvalue weighted by Crippen LogP contribution is -2.36. The van der Waals surface area contributed by atoms with Gasteiger partial charge < -0.3 is 19.4 Å². The highest BCUT2D eigenvalue weighted by Crippen LogP contribution is 2.29. The number of pyridine rings is 1. The Kier molecular flexibility index (Phi) is 8.43. The predicted molar refractivity (Wildman–Crippen MR) is 156 cm³/mol. The van der Waals surface area contributed by atoms with E-state index >= 15 is 0 Å². The molecule has 1 aliphatic carbocycles. The minimum absolute atomic E-state index is 0.0698. The molecule has 0 saturated heterocycles. The highest BCUT2D eigenvalue weighted by Gasteiger charge is 2.22. The molecule has 1 fully saturated rings. The Labute approximate surface area is 239 Å². The van der Waals surface area contributed by atoms with Gasteiger partial charge in [-0.3, -0.25) is 14.9 Å². The minimum atomic E-state index is -0.377. The van der Waals surface area contributed by atoms with Crippen LogP contribution in [0.25, 0.3) is 11.0 Å². The molecule has 1 aromatic carbocycles. The van der Waals surface area contributed by atoms with Gasteiger partial charge in [0.25, 0.3) is 0 Å². The Bertz CT molecular complexity index is 1590. The average Bonchev–Trinajstić information content (AvgIpc) is 3.68. The maximum absolute atomic E-state index is 12.4. The van der Waals surface area contributed by atoms with Gasteiger partial charge >= 0.3 is 5.97 Å². The number of aromatic amines is 1. The van der Waals surface area contributed by atoms with E-state index in [-0.39, 0.29) is 18.1 Å². The van der Waals surface area contributed by atoms with Gasteiger partial charge in [-0.25, -0.2) is 0 Å². The third kappa shape index (κ3) is 6.01. The second kappa shape index (κ2) is 12.2. The molecule has 9 heteroatoms. The lowest BCUT2D eigenvalue weighted by molar-refractivity contribution is -0.150. The van der Waals surface area contributed by atoms with Gasteiger partial charge in [-0.15, -0.1) is 0 Å². The summed E-state index contributed by atoms with van der Waals surface area (Å²) in [6, 6.07) is 7.59. The first-order valence-electron chi connectivity index (χ1n) is 13.6. The Morgan fingerprint density at radius 1 is 1.27 bits per heavy atom. The molecule has 0 radical (unpaired) electrons. The summed E-state index contributed by atoms with van der Waals surface area (Å²) in [4.78, 5) is 17.0. The highest BCUT2D eigenvalue weighted by atomic mass is 35.5. The molecular weight excluding hydrogens is 526 g/mol. The fraction of sp³-hybridized carbons (Fsp3) is 0.387. The van der Waals surface area contributed by atoms with Crippen molar-refractivity contribution in [2.45, 2.75) is 71.7 Å². The molecule has 2 N–H and O–H groups in total. The van der Waals surface area contributed by atoms with Crippen LogP contribution in [0.2, 0.25) is 5.15 Å². The van der Waals surface area contributed by atoms with Crippen molar-refractivity contribution in [2.24, 2.45) is 0 Å². The van der Waals surface area contributed by atoms with E-state index in [0.29, 0.717) is 23.9 Å². The molecule has 0 unspecified atom stereocenters. The number of nitrogens with one attached hydrogen (secondary N) is 2. The summed E-state index contributed by atoms with van der Waals surface area (Å²) in [5, 5.41) is 11.8. The van der Waals surface area contributed by atoms with E-state index in [1.807, 2.05) is 62.0 Å². The Balaban J connectivity index is 1.31. The number of benzene rings is 1. The van der Waals surface area contributed by atoms with Crippen LogP contribution >= 0.6 is 11.6 Å². The van der Waals surface area contributed by atoms with Crippen LogP contribution in [0.15, 0.2) is 36.7 Å². The molecule has 4 aromatic rings. The maximum atomic E-state index is 12.4. The highest BCUT2D eigenvalue weighted by molar-refractivity contribution is 6.34. The third-order valence-electron chi connectivity index (χ3n) is 7.42. The van der Waals surface area contributed by atoms with E-state index in [2.05, 4.69) is 32.3 Å². The summed E-state index contributed by atoms with van der Waals surface area (Å²) in [6.45, 7) is 6.87. The van der Waals surface area contributed by atoms with Crippen LogP contribution in [0.1, 0.15) is 66.1 Å². The number of hydrogen-bond acceptors (Lipinski definition) is 6. The van der Waals surface area contributed by atoms with Crippen molar-refractivity contribution in [3.63, 3.8) is 0 Å². The zero-order valence-electron chi connectivity index (χ0n) is 23.3. The van der Waals surface area contributed by atoms with Gasteiger partial charge in [0.05, 0.1) is 30.3 Å². The van der Waals surface area contributed by atoms with Gasteiger partial charge in [0.15, 0.2) is 5.65 Å². The zero-order chi connectivity index (χ0) is 28.2. The van der Waals surface area contributed by atoms with E-state index in [0.717, 1.165) is 70.3 Å². The smallest absolute Gasteiger partial charge is 0.323 e. The fourth-order valence-electron chi connectivity index (χ4n) is 5.17. The van der Waals surface area contributed by atoms with Crippen molar-refractivity contribution in [1.82, 2.24) is 25.1 Å². The average molecular weight is 560 g/mol. The van der Waals surface area contributed by atoms with Gasteiger partial charge in [0.1, 0.15) is 23.0 Å². The van der Waals surface area contributed by atoms with Crippen molar-refractivity contribution in [2.75, 3.05) is 7.11 Å². The third-order valence-corrected chi connectivity index (χ3v) is 7.69. The first-order valence-corrected chi connectivity index (χ1v) is 14.0. The SMILES string of the molecule is COc1c(C)cnc(Cn2cc(C#Cc3cccc(CN[C@@H](C)C(=O)OC4CCCC4)c3)c3c(Cl)[nH]nc32)c1C. The summed E-state index contributed by atoms with van der Waals surface area (Å²) in [5.41, 5.74) is 6.26. The van der Waals surface area contributed by atoms with Gasteiger partial charge in [0.2, 0.25) is 0 Å². The summed E-state index contributed by atoms with van der Waals surface area (Å²) in [7, 11) is 1.67. The van der Waals surface area contributed by atoms with Crippen LogP contribution in [0.4, 0.5) is 0 Å². The second-order valence-corrected chi connectivity index (χ2v) is 10.7. The van der Waals surface area contributed by atoms with Gasteiger partial charge in [0, 0.05) is 35.6 Å². The molecule has 0 amide bonds. The van der Waals surface area contributed by atoms with Gasteiger partial charge in [-0.1, -0.05) is 35.6 Å². The number of aryl methyl sites for hydroxylation is 1. The molecule has 3 heterocycles. The molecule has 0 bridgehead atoms. The van der Waals surface area contributed by atoms with Crippen LogP contribution in [0, 0.1) is 25.7 Å². The number of aromatic nitrogens is 4. The first-order chi connectivity index (χ1) is 19.3. The molecule has 5 rings (SSSR count). The molecule has 208 valence electrons. The number of nitrogens with zero attached hydrogens (tertiary/aromatic N) is 3.